The summed E-state index contributed by atoms with van der Waals surface area (Å²) in [5.74, 6) is -1.25. The first-order valence-corrected chi connectivity index (χ1v) is 8.04. The van der Waals surface area contributed by atoms with Crippen molar-refractivity contribution < 1.29 is 18.3 Å². The highest BCUT2D eigenvalue weighted by Gasteiger charge is 2.17. The highest BCUT2D eigenvalue weighted by molar-refractivity contribution is 9.10. The Balaban J connectivity index is 2.76. The molecule has 1 atom stereocenters. The van der Waals surface area contributed by atoms with Crippen molar-refractivity contribution >= 4 is 43.5 Å². The molecule has 0 aliphatic carbocycles. The second-order valence-electron chi connectivity index (χ2n) is 4.13. The van der Waals surface area contributed by atoms with Crippen LogP contribution in [-0.2, 0) is 14.8 Å². The van der Waals surface area contributed by atoms with E-state index < -0.39 is 16.0 Å². The highest BCUT2D eigenvalue weighted by atomic mass is 79.9. The molecule has 19 heavy (non-hydrogen) atoms. The molecule has 1 aromatic carbocycles. The molecular formula is C11H13BrClNO4S. The van der Waals surface area contributed by atoms with Gasteiger partial charge in [-0.3, -0.25) is 4.79 Å². The first-order valence-electron chi connectivity index (χ1n) is 5.39. The van der Waals surface area contributed by atoms with Crippen LogP contribution < -0.4 is 4.72 Å². The summed E-state index contributed by atoms with van der Waals surface area (Å²) in [6.07, 6.45) is -0.0904. The van der Waals surface area contributed by atoms with E-state index >= 15 is 0 Å². The van der Waals surface area contributed by atoms with Gasteiger partial charge in [0.15, 0.2) is 0 Å². The third-order valence-corrected chi connectivity index (χ3v) is 4.98. The molecule has 0 radical (unpaired) electrons. The number of benzene rings is 1. The van der Waals surface area contributed by atoms with E-state index in [0.29, 0.717) is 9.50 Å². The Morgan fingerprint density at radius 3 is 2.68 bits per heavy atom. The fourth-order valence-electron chi connectivity index (χ4n) is 1.35. The van der Waals surface area contributed by atoms with Crippen LogP contribution in [-0.4, -0.2) is 26.0 Å². The summed E-state index contributed by atoms with van der Waals surface area (Å²) in [5.41, 5.74) is 0. The average molecular weight is 371 g/mol. The zero-order chi connectivity index (χ0) is 14.6. The van der Waals surface area contributed by atoms with E-state index in [2.05, 4.69) is 20.7 Å². The molecule has 0 bridgehead atoms. The highest BCUT2D eigenvalue weighted by Crippen LogP contribution is 2.25. The fourth-order valence-corrected chi connectivity index (χ4v) is 3.19. The molecule has 1 rings (SSSR count). The zero-order valence-corrected chi connectivity index (χ0v) is 13.2. The molecule has 1 aromatic rings. The van der Waals surface area contributed by atoms with E-state index in [1.165, 1.54) is 18.2 Å². The first kappa shape index (κ1) is 16.4. The number of carbonyl (C=O) groups is 1. The number of nitrogens with one attached hydrogen (secondary N) is 1. The van der Waals surface area contributed by atoms with Crippen molar-refractivity contribution in [2.45, 2.75) is 18.2 Å². The summed E-state index contributed by atoms with van der Waals surface area (Å²) < 4.78 is 26.8. The van der Waals surface area contributed by atoms with Gasteiger partial charge in [0.2, 0.25) is 10.0 Å². The lowest BCUT2D eigenvalue weighted by molar-refractivity contribution is -0.137. The minimum absolute atomic E-state index is 0.0644. The largest absolute Gasteiger partial charge is 0.481 e. The van der Waals surface area contributed by atoms with Gasteiger partial charge in [-0.15, -0.1) is 0 Å². The number of rotatable bonds is 6. The smallest absolute Gasteiger partial charge is 0.303 e. The molecular weight excluding hydrogens is 358 g/mol. The number of hydrogen-bond donors (Lipinski definition) is 2. The summed E-state index contributed by atoms with van der Waals surface area (Å²) in [7, 11) is -3.66. The van der Waals surface area contributed by atoms with Gasteiger partial charge in [-0.1, -0.05) is 18.5 Å². The molecule has 0 amide bonds. The Bertz CT molecular complexity index is 576. The Kier molecular flexibility index (Phi) is 5.79. The summed E-state index contributed by atoms with van der Waals surface area (Å²) in [4.78, 5) is 10.6. The van der Waals surface area contributed by atoms with Crippen molar-refractivity contribution in [3.8, 4) is 0 Å². The van der Waals surface area contributed by atoms with E-state index in [0.717, 1.165) is 0 Å². The molecule has 106 valence electrons. The minimum atomic E-state index is -3.66. The molecule has 0 aliphatic rings. The van der Waals surface area contributed by atoms with Crippen molar-refractivity contribution in [3.63, 3.8) is 0 Å². The van der Waals surface area contributed by atoms with E-state index in [-0.39, 0.29) is 23.8 Å². The van der Waals surface area contributed by atoms with E-state index in [9.17, 15) is 13.2 Å². The first-order chi connectivity index (χ1) is 8.72. The van der Waals surface area contributed by atoms with Crippen LogP contribution in [0.25, 0.3) is 0 Å². The fraction of sp³-hybridized carbons (Fsp3) is 0.364. The van der Waals surface area contributed by atoms with Crippen molar-refractivity contribution in [2.24, 2.45) is 5.92 Å². The number of carboxylic acids is 1. The average Bonchev–Trinajstić information content (AvgIpc) is 2.29. The van der Waals surface area contributed by atoms with Crippen LogP contribution in [0.3, 0.4) is 0 Å². The maximum absolute atomic E-state index is 12.0. The summed E-state index contributed by atoms with van der Waals surface area (Å²) in [6.45, 7) is 1.73. The van der Waals surface area contributed by atoms with Crippen LogP contribution in [0, 0.1) is 5.92 Å². The van der Waals surface area contributed by atoms with Crippen molar-refractivity contribution in [1.82, 2.24) is 4.72 Å². The number of hydrogen-bond acceptors (Lipinski definition) is 3. The SMILES string of the molecule is CC(CNS(=O)(=O)c1ccc(Cl)c(Br)c1)CC(=O)O. The molecule has 0 fully saturated rings. The quantitative estimate of drug-likeness (QED) is 0.806. The number of sulfonamides is 1. The normalized spacial score (nSPS) is 13.2. The minimum Gasteiger partial charge on any atom is -0.481 e. The Morgan fingerprint density at radius 1 is 1.53 bits per heavy atom. The van der Waals surface area contributed by atoms with Gasteiger partial charge in [-0.25, -0.2) is 13.1 Å². The third kappa shape index (κ3) is 5.10. The van der Waals surface area contributed by atoms with Crippen molar-refractivity contribution in [3.05, 3.63) is 27.7 Å². The molecule has 0 saturated carbocycles. The van der Waals surface area contributed by atoms with Gasteiger partial charge >= 0.3 is 5.97 Å². The van der Waals surface area contributed by atoms with Gasteiger partial charge in [0.1, 0.15) is 0 Å². The topological polar surface area (TPSA) is 83.5 Å². The molecule has 0 spiro atoms. The van der Waals surface area contributed by atoms with Gasteiger partial charge in [-0.05, 0) is 40.0 Å². The summed E-state index contributed by atoms with van der Waals surface area (Å²) in [6, 6.07) is 4.25. The standard InChI is InChI=1S/C11H13BrClNO4S/c1-7(4-11(15)16)6-14-19(17,18)8-2-3-10(13)9(12)5-8/h2-3,5,7,14H,4,6H2,1H3,(H,15,16). The molecule has 1 unspecified atom stereocenters. The molecule has 0 aliphatic heterocycles. The van der Waals surface area contributed by atoms with Crippen molar-refractivity contribution in [2.75, 3.05) is 6.54 Å². The lowest BCUT2D eigenvalue weighted by Gasteiger charge is -2.11. The Morgan fingerprint density at radius 2 is 2.16 bits per heavy atom. The van der Waals surface area contributed by atoms with E-state index in [4.69, 9.17) is 16.7 Å². The van der Waals surface area contributed by atoms with E-state index in [1.807, 2.05) is 0 Å². The van der Waals surface area contributed by atoms with Crippen LogP contribution in [0.2, 0.25) is 5.02 Å². The van der Waals surface area contributed by atoms with Gasteiger partial charge in [-0.2, -0.15) is 0 Å². The van der Waals surface area contributed by atoms with Gasteiger partial charge < -0.3 is 5.11 Å². The predicted molar refractivity (Wildman–Crippen MR) is 75.8 cm³/mol. The molecule has 5 nitrogen and oxygen atoms in total. The monoisotopic (exact) mass is 369 g/mol. The second-order valence-corrected chi connectivity index (χ2v) is 7.16. The molecule has 8 heteroatoms. The number of carboxylic acid groups (broad SMARTS) is 1. The lowest BCUT2D eigenvalue weighted by Crippen LogP contribution is -2.29. The van der Waals surface area contributed by atoms with Crippen LogP contribution in [0.15, 0.2) is 27.6 Å². The van der Waals surface area contributed by atoms with Crippen LogP contribution in [0.1, 0.15) is 13.3 Å². The van der Waals surface area contributed by atoms with Gasteiger partial charge in [0.05, 0.1) is 9.92 Å². The van der Waals surface area contributed by atoms with Gasteiger partial charge in [0, 0.05) is 17.4 Å². The summed E-state index contributed by atoms with van der Waals surface area (Å²) in [5, 5.41) is 9.01. The predicted octanol–water partition coefficient (Wildman–Crippen LogP) is 2.49. The summed E-state index contributed by atoms with van der Waals surface area (Å²) >= 11 is 8.94. The van der Waals surface area contributed by atoms with E-state index in [1.54, 1.807) is 6.92 Å². The maximum atomic E-state index is 12.0. The number of aliphatic carboxylic acids is 1. The molecule has 0 heterocycles. The Hall–Kier alpha value is -0.630. The molecule has 2 N–H and O–H groups in total. The van der Waals surface area contributed by atoms with Crippen LogP contribution in [0.5, 0.6) is 0 Å². The zero-order valence-electron chi connectivity index (χ0n) is 10.1. The maximum Gasteiger partial charge on any atom is 0.303 e. The Labute approximate surface area is 125 Å². The van der Waals surface area contributed by atoms with Gasteiger partial charge in [0.25, 0.3) is 0 Å². The third-order valence-electron chi connectivity index (χ3n) is 2.35. The lowest BCUT2D eigenvalue weighted by atomic mass is 10.1. The van der Waals surface area contributed by atoms with Crippen LogP contribution >= 0.6 is 27.5 Å². The molecule has 0 aromatic heterocycles. The molecule has 0 saturated heterocycles. The van der Waals surface area contributed by atoms with Crippen LogP contribution in [0.4, 0.5) is 0 Å². The van der Waals surface area contributed by atoms with Crippen molar-refractivity contribution in [1.29, 1.82) is 0 Å². The number of halogens is 2. The second kappa shape index (κ2) is 6.69.